The van der Waals surface area contributed by atoms with E-state index in [9.17, 15) is 0 Å². The average molecular weight is 400 g/mol. The Morgan fingerprint density at radius 2 is 1.79 bits per heavy atom. The zero-order valence-electron chi connectivity index (χ0n) is 15.7. The molecule has 1 aromatic carbocycles. The van der Waals surface area contributed by atoms with Gasteiger partial charge in [-0.25, -0.2) is 15.0 Å². The highest BCUT2D eigenvalue weighted by Crippen LogP contribution is 2.28. The van der Waals surface area contributed by atoms with Gasteiger partial charge in [-0.15, -0.1) is 10.2 Å². The van der Waals surface area contributed by atoms with E-state index in [0.29, 0.717) is 5.02 Å². The van der Waals surface area contributed by atoms with E-state index in [2.05, 4.69) is 35.4 Å². The third kappa shape index (κ3) is 4.26. The largest absolute Gasteiger partial charge is 0.383 e. The second-order valence-electron chi connectivity index (χ2n) is 6.00. The number of benzene rings is 1. The van der Waals surface area contributed by atoms with Crippen molar-refractivity contribution in [3.05, 3.63) is 59.1 Å². The highest BCUT2D eigenvalue weighted by Gasteiger charge is 2.34. The third-order valence-corrected chi connectivity index (χ3v) is 4.39. The van der Waals surface area contributed by atoms with Crippen molar-refractivity contribution in [2.45, 2.75) is 19.8 Å². The monoisotopic (exact) mass is 399 g/mol. The minimum atomic E-state index is -1.57. The zero-order chi connectivity index (χ0) is 20.1. The molecule has 1 aromatic heterocycles. The molecule has 1 unspecified atom stereocenters. The molecule has 2 heterocycles. The number of amidine groups is 1. The van der Waals surface area contributed by atoms with Crippen molar-refractivity contribution in [3.63, 3.8) is 0 Å². The Hall–Kier alpha value is -3.04. The van der Waals surface area contributed by atoms with Gasteiger partial charge in [-0.3, -0.25) is 5.73 Å². The van der Waals surface area contributed by atoms with Gasteiger partial charge in [0.15, 0.2) is 0 Å². The van der Waals surface area contributed by atoms with Crippen LogP contribution in [0.2, 0.25) is 5.02 Å². The van der Waals surface area contributed by atoms with Crippen molar-refractivity contribution >= 4 is 29.0 Å². The molecule has 5 N–H and O–H groups in total. The normalized spacial score (nSPS) is 19.5. The Morgan fingerprint density at radius 1 is 1.14 bits per heavy atom. The molecule has 3 rings (SSSR count). The number of hydrogen-bond donors (Lipinski definition) is 3. The maximum atomic E-state index is 6.32. The van der Waals surface area contributed by atoms with Gasteiger partial charge in [0.1, 0.15) is 11.7 Å². The molecule has 1 aliphatic heterocycles. The van der Waals surface area contributed by atoms with Crippen LogP contribution in [0.15, 0.2) is 63.8 Å². The summed E-state index contributed by atoms with van der Waals surface area (Å²) < 4.78 is 0. The van der Waals surface area contributed by atoms with Gasteiger partial charge in [0.05, 0.1) is 5.57 Å². The van der Waals surface area contributed by atoms with Crippen molar-refractivity contribution in [1.82, 2.24) is 20.2 Å². The maximum absolute atomic E-state index is 6.32. The van der Waals surface area contributed by atoms with E-state index in [4.69, 9.17) is 23.1 Å². The van der Waals surface area contributed by atoms with Gasteiger partial charge in [0.25, 0.3) is 5.95 Å². The van der Waals surface area contributed by atoms with E-state index in [1.165, 1.54) is 0 Å². The highest BCUT2D eigenvalue weighted by molar-refractivity contribution is 6.30. The lowest BCUT2D eigenvalue weighted by molar-refractivity contribution is 0.285. The predicted octanol–water partition coefficient (Wildman–Crippen LogP) is 2.45. The molecular weight excluding hydrogens is 378 g/mol. The zero-order valence-corrected chi connectivity index (χ0v) is 16.4. The van der Waals surface area contributed by atoms with Crippen molar-refractivity contribution in [3.8, 4) is 0 Å². The van der Waals surface area contributed by atoms with Gasteiger partial charge in [-0.2, -0.15) is 0 Å². The van der Waals surface area contributed by atoms with Gasteiger partial charge in [-0.05, 0) is 37.6 Å². The summed E-state index contributed by atoms with van der Waals surface area (Å²) in [7, 11) is 0. The van der Waals surface area contributed by atoms with E-state index in [1.807, 2.05) is 26.0 Å². The number of aromatic nitrogens is 2. The first-order valence-electron chi connectivity index (χ1n) is 8.83. The third-order valence-electron chi connectivity index (χ3n) is 4.14. The fourth-order valence-corrected chi connectivity index (χ4v) is 2.94. The Balaban J connectivity index is 2.03. The van der Waals surface area contributed by atoms with Gasteiger partial charge in [0, 0.05) is 30.5 Å². The molecule has 0 aliphatic carbocycles. The van der Waals surface area contributed by atoms with Gasteiger partial charge in [0.2, 0.25) is 0 Å². The fraction of sp³-hybridized carbons (Fsp3) is 0.278. The minimum absolute atomic E-state index is 0.180. The first-order chi connectivity index (χ1) is 13.5. The first-order valence-corrected chi connectivity index (χ1v) is 9.21. The number of nitrogens with two attached hydrogens (primary N) is 2. The van der Waals surface area contributed by atoms with Crippen LogP contribution in [0, 0.1) is 0 Å². The Labute approximate surface area is 168 Å². The fourth-order valence-electron chi connectivity index (χ4n) is 2.81. The molecule has 146 valence electrons. The van der Waals surface area contributed by atoms with Crippen LogP contribution in [-0.2, 0) is 0 Å². The lowest BCUT2D eigenvalue weighted by Gasteiger charge is -2.36. The number of azo groups is 1. The molecule has 0 fully saturated rings. The second-order valence-corrected chi connectivity index (χ2v) is 6.44. The topological polar surface area (TPSA) is 130 Å². The average Bonchev–Trinajstić information content (AvgIpc) is 2.69. The molecule has 0 spiro atoms. The van der Waals surface area contributed by atoms with Crippen LogP contribution in [0.4, 0.5) is 5.95 Å². The van der Waals surface area contributed by atoms with Gasteiger partial charge >= 0.3 is 5.91 Å². The molecule has 10 heteroatoms. The lowest BCUT2D eigenvalue weighted by Crippen LogP contribution is -2.56. The quantitative estimate of drug-likeness (QED) is 0.639. The summed E-state index contributed by atoms with van der Waals surface area (Å²) in [6.45, 7) is 5.55. The summed E-state index contributed by atoms with van der Waals surface area (Å²) in [5.41, 5.74) is 14.2. The molecule has 1 aliphatic rings. The number of rotatable bonds is 6. The number of hydrogen-bond acceptors (Lipinski definition) is 9. The van der Waals surface area contributed by atoms with Crippen molar-refractivity contribution in [2.24, 2.45) is 26.7 Å². The highest BCUT2D eigenvalue weighted by atomic mass is 35.5. The van der Waals surface area contributed by atoms with E-state index in [-0.39, 0.29) is 11.8 Å². The van der Waals surface area contributed by atoms with Crippen molar-refractivity contribution < 1.29 is 0 Å². The van der Waals surface area contributed by atoms with Crippen LogP contribution >= 0.6 is 11.6 Å². The number of aliphatic imine (C=N–C) groups is 1. The Kier molecular flexibility index (Phi) is 5.86. The van der Waals surface area contributed by atoms with E-state index in [1.54, 1.807) is 30.6 Å². The summed E-state index contributed by atoms with van der Waals surface area (Å²) in [6, 6.07) is 9.05. The Bertz CT molecular complexity index is 904. The summed E-state index contributed by atoms with van der Waals surface area (Å²) in [5.74, 6) is -0.426. The minimum Gasteiger partial charge on any atom is -0.383 e. The standard InChI is InChI=1S/C18H22ClN9/c1-3-28(4-2)16-14(12-6-8-13(19)9-7-12)15(20)24-18(21,25-16)27-26-17-22-10-5-11-23-17/h5-11,25H,3-4,21H2,1-2H3,(H2,20,24). The number of nitrogens with one attached hydrogen (secondary N) is 1. The Morgan fingerprint density at radius 3 is 2.39 bits per heavy atom. The molecule has 2 aromatic rings. The summed E-state index contributed by atoms with van der Waals surface area (Å²) >= 11 is 6.02. The molecule has 1 atom stereocenters. The van der Waals surface area contributed by atoms with Crippen LogP contribution in [0.25, 0.3) is 5.57 Å². The molecule has 28 heavy (non-hydrogen) atoms. The number of nitrogens with zero attached hydrogens (tertiary/aromatic N) is 6. The van der Waals surface area contributed by atoms with Gasteiger partial charge < -0.3 is 16.0 Å². The maximum Gasteiger partial charge on any atom is 0.305 e. The molecule has 0 saturated heterocycles. The van der Waals surface area contributed by atoms with Gasteiger partial charge in [-0.1, -0.05) is 23.7 Å². The molecule has 0 radical (unpaired) electrons. The van der Waals surface area contributed by atoms with Crippen LogP contribution < -0.4 is 16.8 Å². The van der Waals surface area contributed by atoms with E-state index < -0.39 is 5.91 Å². The van der Waals surface area contributed by atoms with Crippen molar-refractivity contribution in [1.29, 1.82) is 0 Å². The van der Waals surface area contributed by atoms with E-state index in [0.717, 1.165) is 30.0 Å². The van der Waals surface area contributed by atoms with Crippen molar-refractivity contribution in [2.75, 3.05) is 13.1 Å². The lowest BCUT2D eigenvalue weighted by atomic mass is 10.0. The molecule has 0 saturated carbocycles. The predicted molar refractivity (Wildman–Crippen MR) is 110 cm³/mol. The first kappa shape index (κ1) is 19.7. The smallest absolute Gasteiger partial charge is 0.305 e. The molecule has 0 amide bonds. The summed E-state index contributed by atoms with van der Waals surface area (Å²) in [5, 5.41) is 11.9. The second kappa shape index (κ2) is 8.32. The SMILES string of the molecule is CCN(CC)C1=C(c2ccc(Cl)cc2)C(N)=NC(N)(N=Nc2ncccn2)N1. The molecule has 9 nitrogen and oxygen atoms in total. The van der Waals surface area contributed by atoms with Crippen LogP contribution in [0.5, 0.6) is 0 Å². The van der Waals surface area contributed by atoms with Crippen LogP contribution in [0.3, 0.4) is 0 Å². The summed E-state index contributed by atoms with van der Waals surface area (Å²) in [6.07, 6.45) is 3.13. The van der Waals surface area contributed by atoms with E-state index >= 15 is 0 Å². The molecule has 0 bridgehead atoms. The number of halogens is 1. The van der Waals surface area contributed by atoms with Crippen LogP contribution in [0.1, 0.15) is 19.4 Å². The molecular formula is C18H22ClN9. The van der Waals surface area contributed by atoms with Crippen LogP contribution in [-0.4, -0.2) is 39.7 Å². The summed E-state index contributed by atoms with van der Waals surface area (Å²) in [4.78, 5) is 14.4.